The second-order valence-electron chi connectivity index (χ2n) is 6.62. The van der Waals surface area contributed by atoms with Crippen LogP contribution >= 0.6 is 0 Å². The van der Waals surface area contributed by atoms with Gasteiger partial charge in [-0.2, -0.15) is 0 Å². The fourth-order valence-electron chi connectivity index (χ4n) is 3.21. The van der Waals surface area contributed by atoms with Gasteiger partial charge in [0.1, 0.15) is 12.1 Å². The first-order valence-electron chi connectivity index (χ1n) is 8.64. The Kier molecular flexibility index (Phi) is 5.00. The maximum absolute atomic E-state index is 12.5. The van der Waals surface area contributed by atoms with Crippen LogP contribution in [0.15, 0.2) is 54.6 Å². The van der Waals surface area contributed by atoms with Crippen LogP contribution in [0.2, 0.25) is 0 Å². The SMILES string of the molecule is Cc1ccc(C(C)N2CCC2C(=O)OC(C)c2ccccc2)cc1. The highest BCUT2D eigenvalue weighted by molar-refractivity contribution is 5.77. The summed E-state index contributed by atoms with van der Waals surface area (Å²) in [4.78, 5) is 14.8. The number of carbonyl (C=O) groups is 1. The lowest BCUT2D eigenvalue weighted by Crippen LogP contribution is -2.53. The number of nitrogens with zero attached hydrogens (tertiary/aromatic N) is 1. The molecule has 1 aliphatic rings. The first-order chi connectivity index (χ1) is 11.6. The number of hydrogen-bond donors (Lipinski definition) is 0. The smallest absolute Gasteiger partial charge is 0.324 e. The molecular formula is C21H25NO2. The van der Waals surface area contributed by atoms with Crippen LogP contribution in [0.5, 0.6) is 0 Å². The minimum Gasteiger partial charge on any atom is -0.457 e. The van der Waals surface area contributed by atoms with Crippen LogP contribution in [-0.4, -0.2) is 23.5 Å². The van der Waals surface area contributed by atoms with Gasteiger partial charge in [0, 0.05) is 12.6 Å². The van der Waals surface area contributed by atoms with Gasteiger partial charge in [0.25, 0.3) is 0 Å². The van der Waals surface area contributed by atoms with Crippen LogP contribution in [0.4, 0.5) is 0 Å². The van der Waals surface area contributed by atoms with Gasteiger partial charge < -0.3 is 4.74 Å². The van der Waals surface area contributed by atoms with Crippen molar-refractivity contribution in [2.75, 3.05) is 6.54 Å². The van der Waals surface area contributed by atoms with Crippen molar-refractivity contribution in [3.63, 3.8) is 0 Å². The number of carbonyl (C=O) groups excluding carboxylic acids is 1. The third-order valence-electron chi connectivity index (χ3n) is 4.95. The molecule has 1 fully saturated rings. The topological polar surface area (TPSA) is 29.5 Å². The Morgan fingerprint density at radius 1 is 1.04 bits per heavy atom. The molecule has 0 aliphatic carbocycles. The van der Waals surface area contributed by atoms with Gasteiger partial charge >= 0.3 is 5.97 Å². The first-order valence-corrected chi connectivity index (χ1v) is 8.64. The molecule has 3 rings (SSSR count). The van der Waals surface area contributed by atoms with E-state index in [0.717, 1.165) is 18.5 Å². The fraction of sp³-hybridized carbons (Fsp3) is 0.381. The molecule has 3 heteroatoms. The molecule has 1 aliphatic heterocycles. The Labute approximate surface area is 144 Å². The minimum absolute atomic E-state index is 0.114. The van der Waals surface area contributed by atoms with Crippen molar-refractivity contribution in [1.82, 2.24) is 4.90 Å². The van der Waals surface area contributed by atoms with Gasteiger partial charge in [-0.15, -0.1) is 0 Å². The highest BCUT2D eigenvalue weighted by atomic mass is 16.5. The van der Waals surface area contributed by atoms with Crippen LogP contribution < -0.4 is 0 Å². The number of hydrogen-bond acceptors (Lipinski definition) is 3. The molecule has 0 bridgehead atoms. The molecule has 3 atom stereocenters. The largest absolute Gasteiger partial charge is 0.457 e. The summed E-state index contributed by atoms with van der Waals surface area (Å²) in [6, 6.07) is 18.5. The lowest BCUT2D eigenvalue weighted by atomic mass is 9.96. The maximum atomic E-state index is 12.5. The van der Waals surface area contributed by atoms with Gasteiger partial charge in [-0.3, -0.25) is 9.69 Å². The molecule has 0 spiro atoms. The molecule has 3 nitrogen and oxygen atoms in total. The summed E-state index contributed by atoms with van der Waals surface area (Å²) in [7, 11) is 0. The summed E-state index contributed by atoms with van der Waals surface area (Å²) in [5.41, 5.74) is 3.53. The fourth-order valence-corrected chi connectivity index (χ4v) is 3.21. The van der Waals surface area contributed by atoms with E-state index in [1.807, 2.05) is 37.3 Å². The zero-order chi connectivity index (χ0) is 17.1. The van der Waals surface area contributed by atoms with E-state index < -0.39 is 0 Å². The maximum Gasteiger partial charge on any atom is 0.324 e. The van der Waals surface area contributed by atoms with Crippen molar-refractivity contribution >= 4 is 5.97 Å². The first kappa shape index (κ1) is 16.7. The van der Waals surface area contributed by atoms with E-state index >= 15 is 0 Å². The predicted octanol–water partition coefficient (Wildman–Crippen LogP) is 4.43. The summed E-state index contributed by atoms with van der Waals surface area (Å²) >= 11 is 0. The van der Waals surface area contributed by atoms with Crippen LogP contribution in [0.1, 0.15) is 49.1 Å². The molecule has 0 N–H and O–H groups in total. The lowest BCUT2D eigenvalue weighted by Gasteiger charge is -2.43. The number of ether oxygens (including phenoxy) is 1. The molecule has 126 valence electrons. The van der Waals surface area contributed by atoms with Crippen LogP contribution in [0.3, 0.4) is 0 Å². The number of aryl methyl sites for hydroxylation is 1. The monoisotopic (exact) mass is 323 g/mol. The zero-order valence-corrected chi connectivity index (χ0v) is 14.6. The van der Waals surface area contributed by atoms with Gasteiger partial charge in [0.05, 0.1) is 0 Å². The van der Waals surface area contributed by atoms with Crippen molar-refractivity contribution in [1.29, 1.82) is 0 Å². The molecule has 0 radical (unpaired) electrons. The normalized spacial score (nSPS) is 20.0. The molecular weight excluding hydrogens is 298 g/mol. The minimum atomic E-state index is -0.212. The highest BCUT2D eigenvalue weighted by Gasteiger charge is 2.39. The Morgan fingerprint density at radius 3 is 2.29 bits per heavy atom. The summed E-state index contributed by atoms with van der Waals surface area (Å²) in [6.45, 7) is 7.11. The molecule has 0 aromatic heterocycles. The average molecular weight is 323 g/mol. The Balaban J connectivity index is 1.62. The van der Waals surface area contributed by atoms with E-state index in [9.17, 15) is 4.79 Å². The van der Waals surface area contributed by atoms with Crippen LogP contribution in [-0.2, 0) is 9.53 Å². The van der Waals surface area contributed by atoms with Gasteiger partial charge in [0.2, 0.25) is 0 Å². The van der Waals surface area contributed by atoms with Gasteiger partial charge in [-0.25, -0.2) is 0 Å². The molecule has 2 aromatic rings. The van der Waals surface area contributed by atoms with E-state index in [1.54, 1.807) is 0 Å². The van der Waals surface area contributed by atoms with Gasteiger partial charge in [-0.1, -0.05) is 60.2 Å². The van der Waals surface area contributed by atoms with E-state index in [-0.39, 0.29) is 24.2 Å². The number of benzene rings is 2. The molecule has 2 aromatic carbocycles. The molecule has 3 unspecified atom stereocenters. The van der Waals surface area contributed by atoms with Crippen molar-refractivity contribution in [3.8, 4) is 0 Å². The van der Waals surface area contributed by atoms with E-state index in [0.29, 0.717) is 0 Å². The third kappa shape index (κ3) is 3.51. The summed E-state index contributed by atoms with van der Waals surface area (Å²) < 4.78 is 5.70. The van der Waals surface area contributed by atoms with E-state index in [4.69, 9.17) is 4.74 Å². The van der Waals surface area contributed by atoms with Crippen molar-refractivity contribution in [2.24, 2.45) is 0 Å². The predicted molar refractivity (Wildman–Crippen MR) is 95.7 cm³/mol. The Morgan fingerprint density at radius 2 is 1.71 bits per heavy atom. The zero-order valence-electron chi connectivity index (χ0n) is 14.6. The number of rotatable bonds is 5. The second-order valence-corrected chi connectivity index (χ2v) is 6.62. The molecule has 1 saturated heterocycles. The molecule has 0 saturated carbocycles. The number of esters is 1. The van der Waals surface area contributed by atoms with Gasteiger partial charge in [0.15, 0.2) is 0 Å². The standard InChI is InChI=1S/C21H25NO2/c1-15-9-11-18(12-10-15)16(2)22-14-13-20(22)21(23)24-17(3)19-7-5-4-6-8-19/h4-12,16-17,20H,13-14H2,1-3H3. The van der Waals surface area contributed by atoms with Crippen LogP contribution in [0.25, 0.3) is 0 Å². The Hall–Kier alpha value is -2.13. The summed E-state index contributed by atoms with van der Waals surface area (Å²) in [6.07, 6.45) is 0.659. The van der Waals surface area contributed by atoms with E-state index in [1.165, 1.54) is 11.1 Å². The van der Waals surface area contributed by atoms with Gasteiger partial charge in [-0.05, 0) is 38.3 Å². The third-order valence-corrected chi connectivity index (χ3v) is 4.95. The quantitative estimate of drug-likeness (QED) is 0.762. The molecule has 24 heavy (non-hydrogen) atoms. The van der Waals surface area contributed by atoms with Crippen molar-refractivity contribution < 1.29 is 9.53 Å². The lowest BCUT2D eigenvalue weighted by molar-refractivity contribution is -0.162. The Bertz CT molecular complexity index is 681. The number of likely N-dealkylation sites (tertiary alicyclic amines) is 1. The average Bonchev–Trinajstić information content (AvgIpc) is 2.55. The molecule has 1 heterocycles. The van der Waals surface area contributed by atoms with Crippen molar-refractivity contribution in [3.05, 3.63) is 71.3 Å². The van der Waals surface area contributed by atoms with E-state index in [2.05, 4.69) is 43.0 Å². The summed E-state index contributed by atoms with van der Waals surface area (Å²) in [5, 5.41) is 0. The van der Waals surface area contributed by atoms with Crippen LogP contribution in [0, 0.1) is 6.92 Å². The highest BCUT2D eigenvalue weighted by Crippen LogP contribution is 2.32. The summed E-state index contributed by atoms with van der Waals surface area (Å²) in [5.74, 6) is -0.114. The second kappa shape index (κ2) is 7.18. The molecule has 0 amide bonds. The van der Waals surface area contributed by atoms with Crippen molar-refractivity contribution in [2.45, 2.75) is 45.4 Å².